The van der Waals surface area contributed by atoms with E-state index in [1.54, 1.807) is 20.1 Å². The largest absolute Gasteiger partial charge is 0.481 e. The Morgan fingerprint density at radius 1 is 1.08 bits per heavy atom. The van der Waals surface area contributed by atoms with E-state index in [1.165, 1.54) is 0 Å². The second-order valence-corrected chi connectivity index (χ2v) is 10.9. The summed E-state index contributed by atoms with van der Waals surface area (Å²) in [5.74, 6) is -0.0181. The van der Waals surface area contributed by atoms with Crippen LogP contribution in [0.1, 0.15) is 42.4 Å². The molecule has 4 aromatic rings. The molecule has 38 heavy (non-hydrogen) atoms. The summed E-state index contributed by atoms with van der Waals surface area (Å²) in [7, 11) is 1.59. The number of nitrogens with zero attached hydrogens (tertiary/aromatic N) is 2. The fourth-order valence-corrected chi connectivity index (χ4v) is 6.12. The van der Waals surface area contributed by atoms with Gasteiger partial charge in [-0.1, -0.05) is 65.7 Å². The molecule has 0 radical (unpaired) electrons. The van der Waals surface area contributed by atoms with E-state index >= 15 is 0 Å². The maximum Gasteiger partial charge on any atom is 0.219 e. The summed E-state index contributed by atoms with van der Waals surface area (Å²) in [6.07, 6.45) is 1.45. The van der Waals surface area contributed by atoms with E-state index in [1.807, 2.05) is 65.6 Å². The highest BCUT2D eigenvalue weighted by Crippen LogP contribution is 2.47. The Morgan fingerprint density at radius 3 is 2.47 bits per heavy atom. The zero-order valence-electron chi connectivity index (χ0n) is 21.4. The van der Waals surface area contributed by atoms with Crippen LogP contribution in [-0.2, 0) is 11.2 Å². The minimum atomic E-state index is -1.18. The quantitative estimate of drug-likeness (QED) is 0.292. The number of aromatic nitrogens is 1. The van der Waals surface area contributed by atoms with Gasteiger partial charge in [-0.25, -0.2) is 4.98 Å². The first-order chi connectivity index (χ1) is 18.3. The average molecular weight is 549 g/mol. The number of hydrogen-bond donors (Lipinski definition) is 1. The van der Waals surface area contributed by atoms with Gasteiger partial charge in [-0.05, 0) is 66.8 Å². The fraction of sp³-hybridized carbons (Fsp3) is 0.290. The summed E-state index contributed by atoms with van der Waals surface area (Å²) in [6, 6.07) is 25.0. The molecule has 0 spiro atoms. The number of benzene rings is 3. The number of halogens is 2. The van der Waals surface area contributed by atoms with Crippen molar-refractivity contribution in [2.24, 2.45) is 0 Å². The molecule has 3 atom stereocenters. The number of carbonyl (C=O) groups excluding carboxylic acids is 1. The molecule has 0 aliphatic carbocycles. The van der Waals surface area contributed by atoms with Gasteiger partial charge in [-0.2, -0.15) is 0 Å². The highest BCUT2D eigenvalue weighted by Gasteiger charge is 2.47. The number of rotatable bonds is 6. The van der Waals surface area contributed by atoms with E-state index in [0.29, 0.717) is 41.7 Å². The highest BCUT2D eigenvalue weighted by atomic mass is 35.5. The molecule has 196 valence electrons. The first kappa shape index (κ1) is 26.5. The molecule has 1 amide bonds. The third kappa shape index (κ3) is 5.37. The van der Waals surface area contributed by atoms with Gasteiger partial charge in [0.1, 0.15) is 0 Å². The summed E-state index contributed by atoms with van der Waals surface area (Å²) in [4.78, 5) is 19.3. The number of piperidine rings is 1. The lowest BCUT2D eigenvalue weighted by molar-refractivity contribution is -0.138. The Morgan fingerprint density at radius 2 is 1.79 bits per heavy atom. The Kier molecular flexibility index (Phi) is 7.62. The number of hydrogen-bond acceptors (Lipinski definition) is 4. The normalized spacial score (nSPS) is 20.3. The van der Waals surface area contributed by atoms with Crippen molar-refractivity contribution in [3.8, 4) is 5.88 Å². The van der Waals surface area contributed by atoms with E-state index in [4.69, 9.17) is 32.9 Å². The van der Waals surface area contributed by atoms with Gasteiger partial charge in [0.15, 0.2) is 0 Å². The Balaban J connectivity index is 1.64. The third-order valence-electron chi connectivity index (χ3n) is 7.55. The van der Waals surface area contributed by atoms with E-state index < -0.39 is 11.5 Å². The zero-order chi connectivity index (χ0) is 26.9. The Labute approximate surface area is 233 Å². The predicted molar refractivity (Wildman–Crippen MR) is 152 cm³/mol. The lowest BCUT2D eigenvalue weighted by Gasteiger charge is -2.47. The van der Waals surface area contributed by atoms with Crippen molar-refractivity contribution in [3.63, 3.8) is 0 Å². The van der Waals surface area contributed by atoms with Gasteiger partial charge in [0.2, 0.25) is 11.8 Å². The van der Waals surface area contributed by atoms with E-state index in [0.717, 1.165) is 27.6 Å². The maximum atomic E-state index is 12.6. The van der Waals surface area contributed by atoms with Gasteiger partial charge in [-0.3, -0.25) is 4.79 Å². The third-order valence-corrected chi connectivity index (χ3v) is 8.04. The highest BCUT2D eigenvalue weighted by molar-refractivity contribution is 6.31. The van der Waals surface area contributed by atoms with Gasteiger partial charge >= 0.3 is 0 Å². The monoisotopic (exact) mass is 548 g/mol. The molecule has 0 saturated carbocycles. The summed E-state index contributed by atoms with van der Waals surface area (Å²) >= 11 is 12.6. The summed E-state index contributed by atoms with van der Waals surface area (Å²) in [5, 5.41) is 14.6. The number of fused-ring (bicyclic) bond motifs is 1. The molecule has 3 unspecified atom stereocenters. The van der Waals surface area contributed by atoms with Crippen molar-refractivity contribution in [1.29, 1.82) is 0 Å². The molecule has 1 fully saturated rings. The second-order valence-electron chi connectivity index (χ2n) is 10.0. The Hall–Kier alpha value is -3.12. The van der Waals surface area contributed by atoms with Crippen molar-refractivity contribution in [2.45, 2.75) is 43.7 Å². The van der Waals surface area contributed by atoms with Crippen molar-refractivity contribution in [1.82, 2.24) is 9.88 Å². The number of likely N-dealkylation sites (tertiary alicyclic amines) is 1. The van der Waals surface area contributed by atoms with Gasteiger partial charge in [0.05, 0.1) is 18.2 Å². The average Bonchev–Trinajstić information content (AvgIpc) is 2.90. The molecule has 5 nitrogen and oxygen atoms in total. The molecule has 1 aliphatic rings. The van der Waals surface area contributed by atoms with Crippen molar-refractivity contribution >= 4 is 40.0 Å². The molecular weight excluding hydrogens is 519 g/mol. The smallest absolute Gasteiger partial charge is 0.219 e. The molecule has 1 aromatic heterocycles. The fourth-order valence-electron chi connectivity index (χ4n) is 5.81. The summed E-state index contributed by atoms with van der Waals surface area (Å²) < 4.78 is 5.78. The van der Waals surface area contributed by atoms with E-state index in [2.05, 4.69) is 12.1 Å². The second kappa shape index (κ2) is 10.9. The summed E-state index contributed by atoms with van der Waals surface area (Å²) in [6.45, 7) is 2.04. The molecule has 1 saturated heterocycles. The number of aliphatic hydroxyl groups is 1. The van der Waals surface area contributed by atoms with Gasteiger partial charge in [0.25, 0.3) is 0 Å². The van der Waals surface area contributed by atoms with Crippen LogP contribution >= 0.6 is 23.2 Å². The molecule has 5 rings (SSSR count). The first-order valence-electron chi connectivity index (χ1n) is 12.7. The van der Waals surface area contributed by atoms with Crippen LogP contribution in [0.2, 0.25) is 10.0 Å². The molecule has 0 bridgehead atoms. The molecule has 3 aromatic carbocycles. The standard InChI is InChI=1S/C31H30Cl2N2O3/c1-20(36)35-15-14-31(37,19-26(35)16-21-6-4-3-5-7-21)29(22-8-10-24(32)11-9-22)27-18-23-17-25(33)12-13-28(23)34-30(27)38-2/h3-13,17-18,26,29,37H,14-16,19H2,1-2H3. The molecule has 7 heteroatoms. The van der Waals surface area contributed by atoms with Gasteiger partial charge < -0.3 is 14.7 Å². The van der Waals surface area contributed by atoms with E-state index in [9.17, 15) is 9.90 Å². The number of ether oxygens (including phenoxy) is 1. The minimum absolute atomic E-state index is 0.00983. The predicted octanol–water partition coefficient (Wildman–Crippen LogP) is 6.67. The molecule has 1 N–H and O–H groups in total. The van der Waals surface area contributed by atoms with Crippen molar-refractivity contribution in [2.75, 3.05) is 13.7 Å². The van der Waals surface area contributed by atoms with E-state index in [-0.39, 0.29) is 11.9 Å². The van der Waals surface area contributed by atoms with Crippen LogP contribution in [0.25, 0.3) is 10.9 Å². The molecular formula is C31H30Cl2N2O3. The van der Waals surface area contributed by atoms with Crippen LogP contribution in [0.5, 0.6) is 5.88 Å². The van der Waals surface area contributed by atoms with Crippen molar-refractivity contribution < 1.29 is 14.6 Å². The van der Waals surface area contributed by atoms with Crippen LogP contribution in [0, 0.1) is 0 Å². The van der Waals surface area contributed by atoms with Gasteiger partial charge in [0, 0.05) is 46.4 Å². The number of carbonyl (C=O) groups is 1. The van der Waals surface area contributed by atoms with Crippen LogP contribution in [0.3, 0.4) is 0 Å². The van der Waals surface area contributed by atoms with Crippen LogP contribution in [0.15, 0.2) is 78.9 Å². The number of methoxy groups -OCH3 is 1. The summed E-state index contributed by atoms with van der Waals surface area (Å²) in [5.41, 5.74) is 2.36. The van der Waals surface area contributed by atoms with Crippen LogP contribution < -0.4 is 4.74 Å². The van der Waals surface area contributed by atoms with Crippen LogP contribution in [-0.4, -0.2) is 46.2 Å². The first-order valence-corrected chi connectivity index (χ1v) is 13.5. The Bertz CT molecular complexity index is 1450. The lowest BCUT2D eigenvalue weighted by Crippen LogP contribution is -2.55. The molecule has 2 heterocycles. The maximum absolute atomic E-state index is 12.6. The zero-order valence-corrected chi connectivity index (χ0v) is 22.9. The lowest BCUT2D eigenvalue weighted by atomic mass is 9.70. The van der Waals surface area contributed by atoms with Crippen molar-refractivity contribution in [3.05, 3.63) is 106 Å². The minimum Gasteiger partial charge on any atom is -0.481 e. The number of amides is 1. The SMILES string of the molecule is COc1nc2ccc(Cl)cc2cc1C(c1ccc(Cl)cc1)C1(O)CCN(C(C)=O)C(Cc2ccccc2)C1. The van der Waals surface area contributed by atoms with Crippen LogP contribution in [0.4, 0.5) is 0 Å². The topological polar surface area (TPSA) is 62.7 Å². The van der Waals surface area contributed by atoms with Gasteiger partial charge in [-0.15, -0.1) is 0 Å². The number of pyridine rings is 1. The molecule has 1 aliphatic heterocycles.